The van der Waals surface area contributed by atoms with Gasteiger partial charge in [-0.1, -0.05) is 6.07 Å². The molecule has 0 unspecified atom stereocenters. The van der Waals surface area contributed by atoms with Crippen molar-refractivity contribution in [3.05, 3.63) is 53.4 Å². The lowest BCUT2D eigenvalue weighted by molar-refractivity contribution is 0.102. The first-order valence-corrected chi connectivity index (χ1v) is 7.48. The van der Waals surface area contributed by atoms with Crippen LogP contribution in [-0.4, -0.2) is 20.7 Å². The zero-order valence-electron chi connectivity index (χ0n) is 13.5. The highest BCUT2D eigenvalue weighted by Gasteiger charge is 2.18. The fourth-order valence-corrected chi connectivity index (χ4v) is 2.47. The minimum atomic E-state index is -0.831. The molecule has 0 aliphatic rings. The Morgan fingerprint density at radius 3 is 2.54 bits per heavy atom. The normalized spacial score (nSPS) is 11.2. The van der Waals surface area contributed by atoms with E-state index in [-0.39, 0.29) is 11.6 Å². The average Bonchev–Trinajstić information content (AvgIpc) is 2.93. The Kier molecular flexibility index (Phi) is 4.01. The number of pyridine rings is 1. The summed E-state index contributed by atoms with van der Waals surface area (Å²) in [6, 6.07) is 5.15. The molecule has 7 heteroatoms. The second-order valence-electron chi connectivity index (χ2n) is 5.77. The van der Waals surface area contributed by atoms with Gasteiger partial charge in [-0.25, -0.2) is 18.4 Å². The summed E-state index contributed by atoms with van der Waals surface area (Å²) in [6.45, 7) is 5.62. The number of anilines is 1. The number of carbonyl (C=O) groups excluding carboxylic acids is 1. The maximum Gasteiger partial charge on any atom is 0.257 e. The highest BCUT2D eigenvalue weighted by Crippen LogP contribution is 2.22. The topological polar surface area (TPSA) is 59.8 Å². The van der Waals surface area contributed by atoms with E-state index >= 15 is 0 Å². The number of carbonyl (C=O) groups is 1. The largest absolute Gasteiger partial charge is 0.317 e. The van der Waals surface area contributed by atoms with Gasteiger partial charge >= 0.3 is 0 Å². The van der Waals surface area contributed by atoms with Crippen molar-refractivity contribution in [2.45, 2.75) is 26.8 Å². The van der Waals surface area contributed by atoms with Crippen LogP contribution in [0.2, 0.25) is 0 Å². The predicted octanol–water partition coefficient (Wildman–Crippen LogP) is 3.85. The van der Waals surface area contributed by atoms with E-state index in [1.807, 2.05) is 13.8 Å². The number of fused-ring (bicyclic) bond motifs is 1. The molecular weight excluding hydrogens is 314 g/mol. The molecule has 3 aromatic rings. The molecule has 0 fully saturated rings. The molecule has 0 radical (unpaired) electrons. The van der Waals surface area contributed by atoms with Crippen LogP contribution < -0.4 is 5.32 Å². The van der Waals surface area contributed by atoms with Gasteiger partial charge < -0.3 is 5.32 Å². The smallest absolute Gasteiger partial charge is 0.257 e. The van der Waals surface area contributed by atoms with Crippen molar-refractivity contribution in [1.82, 2.24) is 14.8 Å². The van der Waals surface area contributed by atoms with Crippen molar-refractivity contribution in [2.24, 2.45) is 0 Å². The van der Waals surface area contributed by atoms with Crippen LogP contribution in [0.5, 0.6) is 0 Å². The summed E-state index contributed by atoms with van der Waals surface area (Å²) in [7, 11) is 0. The van der Waals surface area contributed by atoms with Crippen molar-refractivity contribution >= 4 is 22.6 Å². The number of nitrogens with zero attached hydrogens (tertiary/aromatic N) is 3. The van der Waals surface area contributed by atoms with Crippen LogP contribution in [-0.2, 0) is 0 Å². The summed E-state index contributed by atoms with van der Waals surface area (Å²) in [5.74, 6) is -2.28. The van der Waals surface area contributed by atoms with E-state index in [1.165, 1.54) is 6.07 Å². The van der Waals surface area contributed by atoms with Crippen LogP contribution in [0.4, 0.5) is 14.5 Å². The van der Waals surface area contributed by atoms with Crippen molar-refractivity contribution in [2.75, 3.05) is 5.32 Å². The molecule has 2 heterocycles. The fourth-order valence-electron chi connectivity index (χ4n) is 2.47. The molecule has 0 bridgehead atoms. The molecule has 124 valence electrons. The minimum Gasteiger partial charge on any atom is -0.317 e. The van der Waals surface area contributed by atoms with Crippen molar-refractivity contribution < 1.29 is 13.6 Å². The van der Waals surface area contributed by atoms with Crippen LogP contribution in [0.3, 0.4) is 0 Å². The van der Waals surface area contributed by atoms with Gasteiger partial charge in [0.05, 0.1) is 17.5 Å². The zero-order chi connectivity index (χ0) is 17.4. The Balaban J connectivity index is 2.00. The number of aromatic nitrogens is 3. The van der Waals surface area contributed by atoms with E-state index in [2.05, 4.69) is 15.4 Å². The molecule has 1 amide bonds. The second kappa shape index (κ2) is 5.99. The molecule has 1 N–H and O–H groups in total. The van der Waals surface area contributed by atoms with Crippen molar-refractivity contribution in [3.8, 4) is 0 Å². The number of para-hydroxylation sites is 1. The van der Waals surface area contributed by atoms with Gasteiger partial charge in [0.2, 0.25) is 0 Å². The van der Waals surface area contributed by atoms with Crippen LogP contribution in [0.15, 0.2) is 30.5 Å². The van der Waals surface area contributed by atoms with E-state index < -0.39 is 23.2 Å². The number of benzene rings is 1. The summed E-state index contributed by atoms with van der Waals surface area (Å²) >= 11 is 0. The summed E-state index contributed by atoms with van der Waals surface area (Å²) in [6.07, 6.45) is 1.61. The lowest BCUT2D eigenvalue weighted by Crippen LogP contribution is -2.16. The molecule has 0 saturated heterocycles. The SMILES string of the molecule is Cc1nc2c(cnn2C(C)C)cc1C(=O)Nc1c(F)cccc1F. The van der Waals surface area contributed by atoms with Crippen molar-refractivity contribution in [1.29, 1.82) is 0 Å². The molecule has 0 aliphatic heterocycles. The number of halogens is 2. The highest BCUT2D eigenvalue weighted by molar-refractivity contribution is 6.06. The maximum atomic E-state index is 13.7. The third-order valence-corrected chi connectivity index (χ3v) is 3.69. The Morgan fingerprint density at radius 2 is 1.92 bits per heavy atom. The predicted molar refractivity (Wildman–Crippen MR) is 87.0 cm³/mol. The number of hydrogen-bond acceptors (Lipinski definition) is 3. The van der Waals surface area contributed by atoms with Crippen molar-refractivity contribution in [3.63, 3.8) is 0 Å². The van der Waals surface area contributed by atoms with Gasteiger partial charge in [-0.2, -0.15) is 5.10 Å². The van der Waals surface area contributed by atoms with Gasteiger partial charge in [-0.15, -0.1) is 0 Å². The van der Waals surface area contributed by atoms with E-state index in [1.54, 1.807) is 23.9 Å². The average molecular weight is 330 g/mol. The van der Waals surface area contributed by atoms with Gasteiger partial charge in [0.15, 0.2) is 5.65 Å². The molecule has 2 aromatic heterocycles. The molecule has 5 nitrogen and oxygen atoms in total. The van der Waals surface area contributed by atoms with Crippen LogP contribution in [0.1, 0.15) is 35.9 Å². The standard InChI is InChI=1S/C17H16F2N4O/c1-9(2)23-16-11(8-20-23)7-12(10(3)21-16)17(24)22-15-13(18)5-4-6-14(15)19/h4-9H,1-3H3,(H,22,24). The number of hydrogen-bond donors (Lipinski definition) is 1. The quantitative estimate of drug-likeness (QED) is 0.793. The van der Waals surface area contributed by atoms with Crippen LogP contribution in [0, 0.1) is 18.6 Å². The summed E-state index contributed by atoms with van der Waals surface area (Å²) in [4.78, 5) is 16.8. The fraction of sp³-hybridized carbons (Fsp3) is 0.235. The van der Waals surface area contributed by atoms with Gasteiger partial charge in [-0.3, -0.25) is 4.79 Å². The number of rotatable bonds is 3. The zero-order valence-corrected chi connectivity index (χ0v) is 13.5. The minimum absolute atomic E-state index is 0.126. The van der Waals surface area contributed by atoms with Crippen LogP contribution >= 0.6 is 0 Å². The van der Waals surface area contributed by atoms with Gasteiger partial charge in [-0.05, 0) is 39.0 Å². The molecular formula is C17H16F2N4O. The highest BCUT2D eigenvalue weighted by atomic mass is 19.1. The van der Waals surface area contributed by atoms with Gasteiger partial charge in [0, 0.05) is 11.4 Å². The molecule has 1 aromatic carbocycles. The Morgan fingerprint density at radius 1 is 1.25 bits per heavy atom. The third kappa shape index (κ3) is 2.73. The summed E-state index contributed by atoms with van der Waals surface area (Å²) < 4.78 is 29.1. The lowest BCUT2D eigenvalue weighted by atomic mass is 10.1. The molecule has 0 aliphatic carbocycles. The first-order chi connectivity index (χ1) is 11.4. The lowest BCUT2D eigenvalue weighted by Gasteiger charge is -2.10. The molecule has 0 spiro atoms. The van der Waals surface area contributed by atoms with Gasteiger partial charge in [0.25, 0.3) is 5.91 Å². The summed E-state index contributed by atoms with van der Waals surface area (Å²) in [5, 5.41) is 7.21. The Hall–Kier alpha value is -2.83. The Bertz CT molecular complexity index is 913. The molecule has 24 heavy (non-hydrogen) atoms. The number of nitrogens with one attached hydrogen (secondary N) is 1. The van der Waals surface area contributed by atoms with E-state index in [4.69, 9.17) is 0 Å². The van der Waals surface area contributed by atoms with Crippen LogP contribution in [0.25, 0.3) is 11.0 Å². The first kappa shape index (κ1) is 16.0. The summed E-state index contributed by atoms with van der Waals surface area (Å²) in [5.41, 5.74) is 0.892. The number of amides is 1. The third-order valence-electron chi connectivity index (χ3n) is 3.69. The van der Waals surface area contributed by atoms with E-state index in [0.29, 0.717) is 16.7 Å². The van der Waals surface area contributed by atoms with E-state index in [9.17, 15) is 13.6 Å². The van der Waals surface area contributed by atoms with E-state index in [0.717, 1.165) is 12.1 Å². The number of aryl methyl sites for hydroxylation is 1. The van der Waals surface area contributed by atoms with Gasteiger partial charge in [0.1, 0.15) is 17.3 Å². The Labute approximate surface area is 137 Å². The maximum absolute atomic E-state index is 13.7. The monoisotopic (exact) mass is 330 g/mol. The molecule has 3 rings (SSSR count). The molecule has 0 saturated carbocycles. The molecule has 0 atom stereocenters. The first-order valence-electron chi connectivity index (χ1n) is 7.48. The second-order valence-corrected chi connectivity index (χ2v) is 5.77.